The Morgan fingerprint density at radius 3 is 1.16 bits per heavy atom. The van der Waals surface area contributed by atoms with Gasteiger partial charge in [0.1, 0.15) is 0 Å². The first kappa shape index (κ1) is 28.0. The van der Waals surface area contributed by atoms with Crippen molar-refractivity contribution >= 4 is 65.4 Å². The number of para-hydroxylation sites is 4. The monoisotopic (exact) mass is 649 g/mol. The Balaban J connectivity index is 1.18. The van der Waals surface area contributed by atoms with Crippen LogP contribution in [0.15, 0.2) is 188 Å². The largest absolute Gasteiger partial charge is 0.309 e. The molecule has 11 aromatic rings. The molecule has 3 aromatic heterocycles. The highest BCUT2D eigenvalue weighted by molar-refractivity contribution is 6.19. The standard InChI is InChI=1S/C48H31N3/c1-3-13-32(14-4-1)33-23-25-35(26-24-33)50-43-20-10-7-17-37(43)40-28-27-36(29-46(40)50)51-45-22-12-9-19-39(45)42-30-47-41(31-48(42)51)38-18-8-11-21-44(38)49(47)34-15-5-2-6-16-34/h1-31H. The Labute approximate surface area is 294 Å². The number of hydrogen-bond acceptors (Lipinski definition) is 0. The Morgan fingerprint density at radius 2 is 0.588 bits per heavy atom. The van der Waals surface area contributed by atoms with Crippen LogP contribution < -0.4 is 0 Å². The lowest BCUT2D eigenvalue weighted by Gasteiger charge is -2.12. The molecule has 0 N–H and O–H groups in total. The molecule has 0 aliphatic heterocycles. The van der Waals surface area contributed by atoms with Gasteiger partial charge >= 0.3 is 0 Å². The van der Waals surface area contributed by atoms with Gasteiger partial charge in [0.2, 0.25) is 0 Å². The summed E-state index contributed by atoms with van der Waals surface area (Å²) in [5.74, 6) is 0. The van der Waals surface area contributed by atoms with E-state index in [1.807, 2.05) is 0 Å². The maximum Gasteiger partial charge on any atom is 0.0561 e. The van der Waals surface area contributed by atoms with Crippen LogP contribution in [0.2, 0.25) is 0 Å². The molecule has 0 aliphatic carbocycles. The summed E-state index contributed by atoms with van der Waals surface area (Å²) >= 11 is 0. The third-order valence-corrected chi connectivity index (χ3v) is 10.6. The van der Waals surface area contributed by atoms with E-state index >= 15 is 0 Å². The van der Waals surface area contributed by atoms with E-state index < -0.39 is 0 Å². The van der Waals surface area contributed by atoms with Crippen molar-refractivity contribution in [3.05, 3.63) is 188 Å². The maximum absolute atomic E-state index is 2.46. The number of fused-ring (bicyclic) bond motifs is 9. The Kier molecular flexibility index (Phi) is 5.96. The van der Waals surface area contributed by atoms with E-state index in [0.717, 1.165) is 11.4 Å². The van der Waals surface area contributed by atoms with Crippen molar-refractivity contribution in [2.75, 3.05) is 0 Å². The summed E-state index contributed by atoms with van der Waals surface area (Å²) in [6.45, 7) is 0. The number of nitrogens with zero attached hydrogens (tertiary/aromatic N) is 3. The lowest BCUT2D eigenvalue weighted by atomic mass is 10.1. The fourth-order valence-electron chi connectivity index (χ4n) is 8.37. The number of aromatic nitrogens is 3. The first-order valence-electron chi connectivity index (χ1n) is 17.5. The van der Waals surface area contributed by atoms with Gasteiger partial charge in [0.05, 0.1) is 33.1 Å². The zero-order valence-corrected chi connectivity index (χ0v) is 27.7. The van der Waals surface area contributed by atoms with E-state index in [0.29, 0.717) is 0 Å². The molecule has 238 valence electrons. The molecule has 3 heterocycles. The van der Waals surface area contributed by atoms with Crippen molar-refractivity contribution < 1.29 is 0 Å². The second-order valence-electron chi connectivity index (χ2n) is 13.4. The Morgan fingerprint density at radius 1 is 0.216 bits per heavy atom. The molecule has 3 heteroatoms. The number of rotatable bonds is 4. The van der Waals surface area contributed by atoms with Crippen molar-refractivity contribution in [1.82, 2.24) is 13.7 Å². The normalized spacial score (nSPS) is 11.9. The highest BCUT2D eigenvalue weighted by Gasteiger charge is 2.20. The van der Waals surface area contributed by atoms with Gasteiger partial charge in [-0.25, -0.2) is 0 Å². The summed E-state index contributed by atoms with van der Waals surface area (Å²) < 4.78 is 7.28. The highest BCUT2D eigenvalue weighted by Crippen LogP contribution is 2.41. The van der Waals surface area contributed by atoms with E-state index in [-0.39, 0.29) is 0 Å². The van der Waals surface area contributed by atoms with Crippen molar-refractivity contribution in [2.24, 2.45) is 0 Å². The van der Waals surface area contributed by atoms with E-state index in [4.69, 9.17) is 0 Å². The van der Waals surface area contributed by atoms with Crippen molar-refractivity contribution in [1.29, 1.82) is 0 Å². The third kappa shape index (κ3) is 4.12. The van der Waals surface area contributed by atoms with Crippen LogP contribution in [0.25, 0.3) is 93.6 Å². The summed E-state index contributed by atoms with van der Waals surface area (Å²) in [7, 11) is 0. The predicted molar refractivity (Wildman–Crippen MR) is 215 cm³/mol. The summed E-state index contributed by atoms with van der Waals surface area (Å²) in [6, 6.07) is 68.4. The molecule has 3 nitrogen and oxygen atoms in total. The third-order valence-electron chi connectivity index (χ3n) is 10.6. The van der Waals surface area contributed by atoms with Crippen molar-refractivity contribution in [3.63, 3.8) is 0 Å². The molecular weight excluding hydrogens is 619 g/mol. The molecule has 0 spiro atoms. The second-order valence-corrected chi connectivity index (χ2v) is 13.4. The Bertz CT molecular complexity index is 3110. The minimum absolute atomic E-state index is 1.14. The SMILES string of the molecule is c1ccc(-c2ccc(-n3c4ccccc4c4ccc(-n5c6ccccc6c6cc7c(cc65)c5ccccc5n7-c5ccccc5)cc43)cc2)cc1. The van der Waals surface area contributed by atoms with E-state index in [9.17, 15) is 0 Å². The average molecular weight is 650 g/mol. The van der Waals surface area contributed by atoms with Gasteiger partial charge in [-0.05, 0) is 77.9 Å². The van der Waals surface area contributed by atoms with Crippen LogP contribution in [0.5, 0.6) is 0 Å². The van der Waals surface area contributed by atoms with Crippen LogP contribution in [0.1, 0.15) is 0 Å². The lowest BCUT2D eigenvalue weighted by molar-refractivity contribution is 1.15. The topological polar surface area (TPSA) is 14.8 Å². The molecule has 0 saturated carbocycles. The molecule has 0 saturated heterocycles. The van der Waals surface area contributed by atoms with Crippen LogP contribution in [0.4, 0.5) is 0 Å². The molecule has 0 radical (unpaired) electrons. The summed E-state index contributed by atoms with van der Waals surface area (Å²) in [4.78, 5) is 0. The summed E-state index contributed by atoms with van der Waals surface area (Å²) in [5.41, 5.74) is 13.1. The van der Waals surface area contributed by atoms with E-state index in [1.165, 1.54) is 82.2 Å². The van der Waals surface area contributed by atoms with Crippen molar-refractivity contribution in [3.8, 4) is 28.2 Å². The first-order chi connectivity index (χ1) is 25.3. The average Bonchev–Trinajstić information content (AvgIpc) is 3.83. The van der Waals surface area contributed by atoms with Gasteiger partial charge in [0, 0.05) is 49.4 Å². The van der Waals surface area contributed by atoms with Crippen LogP contribution in [-0.2, 0) is 0 Å². The quantitative estimate of drug-likeness (QED) is 0.180. The van der Waals surface area contributed by atoms with Crippen molar-refractivity contribution in [2.45, 2.75) is 0 Å². The van der Waals surface area contributed by atoms with Crippen LogP contribution >= 0.6 is 0 Å². The molecule has 8 aromatic carbocycles. The molecule has 0 amide bonds. The van der Waals surface area contributed by atoms with Gasteiger partial charge in [-0.1, -0.05) is 121 Å². The number of hydrogen-bond donors (Lipinski definition) is 0. The molecule has 51 heavy (non-hydrogen) atoms. The van der Waals surface area contributed by atoms with Gasteiger partial charge in [-0.2, -0.15) is 0 Å². The number of benzene rings is 8. The molecule has 0 unspecified atom stereocenters. The summed E-state index contributed by atoms with van der Waals surface area (Å²) in [6.07, 6.45) is 0. The minimum Gasteiger partial charge on any atom is -0.309 e. The molecular formula is C48H31N3. The van der Waals surface area contributed by atoms with Gasteiger partial charge < -0.3 is 13.7 Å². The molecule has 0 fully saturated rings. The Hall–Kier alpha value is -6.84. The second kappa shape index (κ2) is 10.8. The van der Waals surface area contributed by atoms with E-state index in [2.05, 4.69) is 202 Å². The highest BCUT2D eigenvalue weighted by atomic mass is 15.0. The van der Waals surface area contributed by atoms with Crippen LogP contribution in [0, 0.1) is 0 Å². The van der Waals surface area contributed by atoms with Crippen LogP contribution in [-0.4, -0.2) is 13.7 Å². The molecule has 0 atom stereocenters. The maximum atomic E-state index is 2.46. The fourth-order valence-corrected chi connectivity index (χ4v) is 8.37. The molecule has 0 bridgehead atoms. The van der Waals surface area contributed by atoms with Crippen LogP contribution in [0.3, 0.4) is 0 Å². The fraction of sp³-hybridized carbons (Fsp3) is 0. The first-order valence-corrected chi connectivity index (χ1v) is 17.5. The lowest BCUT2D eigenvalue weighted by Crippen LogP contribution is -1.97. The zero-order valence-electron chi connectivity index (χ0n) is 27.7. The predicted octanol–water partition coefficient (Wildman–Crippen LogP) is 12.6. The molecule has 0 aliphatic rings. The van der Waals surface area contributed by atoms with Gasteiger partial charge in [-0.3, -0.25) is 0 Å². The summed E-state index contributed by atoms with van der Waals surface area (Å²) in [5, 5.41) is 7.50. The van der Waals surface area contributed by atoms with Gasteiger partial charge in [0.15, 0.2) is 0 Å². The minimum atomic E-state index is 1.14. The molecule has 11 rings (SSSR count). The van der Waals surface area contributed by atoms with E-state index in [1.54, 1.807) is 0 Å². The van der Waals surface area contributed by atoms with Gasteiger partial charge in [0.25, 0.3) is 0 Å². The smallest absolute Gasteiger partial charge is 0.0561 e. The van der Waals surface area contributed by atoms with Gasteiger partial charge in [-0.15, -0.1) is 0 Å². The zero-order chi connectivity index (χ0) is 33.5.